The fourth-order valence-electron chi connectivity index (χ4n) is 2.01. The molecule has 3 atom stereocenters. The predicted octanol–water partition coefficient (Wildman–Crippen LogP) is 0.232. The normalized spacial score (nSPS) is 24.6. The maximum atomic E-state index is 9.42. The van der Waals surface area contributed by atoms with Crippen LogP contribution in [0.2, 0.25) is 0 Å². The van der Waals surface area contributed by atoms with Crippen molar-refractivity contribution in [3.63, 3.8) is 0 Å². The molecular formula is C12H22N4O3. The highest BCUT2D eigenvalue weighted by Crippen LogP contribution is 2.22. The van der Waals surface area contributed by atoms with E-state index >= 15 is 0 Å². The molecule has 0 saturated carbocycles. The number of rotatable bonds is 4. The van der Waals surface area contributed by atoms with E-state index in [9.17, 15) is 5.11 Å². The van der Waals surface area contributed by atoms with Crippen molar-refractivity contribution in [2.24, 2.45) is 5.73 Å². The molecule has 108 valence electrons. The first-order valence-corrected chi connectivity index (χ1v) is 6.62. The summed E-state index contributed by atoms with van der Waals surface area (Å²) < 4.78 is 10.8. The van der Waals surface area contributed by atoms with E-state index in [0.717, 1.165) is 13.1 Å². The molecule has 1 aliphatic heterocycles. The van der Waals surface area contributed by atoms with Crippen molar-refractivity contribution in [3.05, 3.63) is 11.7 Å². The molecule has 0 aliphatic carbocycles. The Balaban J connectivity index is 2.06. The van der Waals surface area contributed by atoms with Crippen LogP contribution in [0.3, 0.4) is 0 Å². The molecular weight excluding hydrogens is 248 g/mol. The molecule has 0 bridgehead atoms. The third-order valence-corrected chi connectivity index (χ3v) is 3.38. The van der Waals surface area contributed by atoms with Gasteiger partial charge in [-0.05, 0) is 20.8 Å². The summed E-state index contributed by atoms with van der Waals surface area (Å²) in [5.74, 6) is 0.742. The number of hydrogen-bond donors (Lipinski definition) is 2. The lowest BCUT2D eigenvalue weighted by Gasteiger charge is -2.34. The molecule has 0 amide bonds. The van der Waals surface area contributed by atoms with Crippen LogP contribution in [0.25, 0.3) is 0 Å². The van der Waals surface area contributed by atoms with E-state index in [-0.39, 0.29) is 12.0 Å². The lowest BCUT2D eigenvalue weighted by molar-refractivity contribution is -0.0450. The van der Waals surface area contributed by atoms with Crippen LogP contribution in [0.5, 0.6) is 0 Å². The lowest BCUT2D eigenvalue weighted by atomic mass is 10.2. The molecule has 1 aliphatic rings. The number of aromatic nitrogens is 2. The van der Waals surface area contributed by atoms with Gasteiger partial charge >= 0.3 is 0 Å². The van der Waals surface area contributed by atoms with E-state index < -0.39 is 12.1 Å². The van der Waals surface area contributed by atoms with Crippen molar-refractivity contribution in [1.82, 2.24) is 15.0 Å². The van der Waals surface area contributed by atoms with Crippen LogP contribution in [-0.4, -0.2) is 52.0 Å². The van der Waals surface area contributed by atoms with Gasteiger partial charge in [0.1, 0.15) is 12.1 Å². The predicted molar refractivity (Wildman–Crippen MR) is 68.3 cm³/mol. The summed E-state index contributed by atoms with van der Waals surface area (Å²) in [5, 5.41) is 13.3. The molecule has 3 unspecified atom stereocenters. The van der Waals surface area contributed by atoms with Gasteiger partial charge in [0.15, 0.2) is 0 Å². The summed E-state index contributed by atoms with van der Waals surface area (Å²) in [6.07, 6.45) is -0.928. The van der Waals surface area contributed by atoms with Crippen LogP contribution in [-0.2, 0) is 4.74 Å². The van der Waals surface area contributed by atoms with Gasteiger partial charge in [0, 0.05) is 19.1 Å². The van der Waals surface area contributed by atoms with Crippen LogP contribution < -0.4 is 5.73 Å². The molecule has 19 heavy (non-hydrogen) atoms. The molecule has 0 aromatic carbocycles. The Morgan fingerprint density at radius 2 is 2.16 bits per heavy atom. The lowest BCUT2D eigenvalue weighted by Crippen LogP contribution is -2.42. The van der Waals surface area contributed by atoms with Crippen molar-refractivity contribution in [2.45, 2.75) is 45.1 Å². The zero-order valence-electron chi connectivity index (χ0n) is 11.6. The van der Waals surface area contributed by atoms with E-state index in [0.29, 0.717) is 18.5 Å². The molecule has 1 fully saturated rings. The average Bonchev–Trinajstić information content (AvgIpc) is 2.87. The number of nitrogens with two attached hydrogens (primary N) is 1. The molecule has 7 nitrogen and oxygen atoms in total. The first-order valence-electron chi connectivity index (χ1n) is 6.62. The van der Waals surface area contributed by atoms with E-state index in [2.05, 4.69) is 28.9 Å². The summed E-state index contributed by atoms with van der Waals surface area (Å²) in [6.45, 7) is 8.18. The Bertz CT molecular complexity index is 407. The molecule has 7 heteroatoms. The van der Waals surface area contributed by atoms with Gasteiger partial charge in [-0.3, -0.25) is 4.90 Å². The van der Waals surface area contributed by atoms with E-state index in [1.807, 2.05) is 0 Å². The minimum absolute atomic E-state index is 0.199. The Labute approximate surface area is 112 Å². The van der Waals surface area contributed by atoms with Gasteiger partial charge in [-0.15, -0.1) is 0 Å². The summed E-state index contributed by atoms with van der Waals surface area (Å²) in [7, 11) is 0. The van der Waals surface area contributed by atoms with Crippen molar-refractivity contribution in [2.75, 3.05) is 19.7 Å². The number of nitrogens with zero attached hydrogens (tertiary/aromatic N) is 3. The number of aliphatic hydroxyl groups is 1. The molecule has 1 aromatic heterocycles. The zero-order valence-corrected chi connectivity index (χ0v) is 11.6. The van der Waals surface area contributed by atoms with Crippen LogP contribution in [0.4, 0.5) is 0 Å². The monoisotopic (exact) mass is 270 g/mol. The number of ether oxygens (including phenoxy) is 1. The highest BCUT2D eigenvalue weighted by Gasteiger charge is 2.29. The Kier molecular flexibility index (Phi) is 4.51. The number of hydrogen-bond acceptors (Lipinski definition) is 7. The van der Waals surface area contributed by atoms with Crippen LogP contribution >= 0.6 is 0 Å². The summed E-state index contributed by atoms with van der Waals surface area (Å²) in [5.41, 5.74) is 5.76. The van der Waals surface area contributed by atoms with Crippen LogP contribution in [0, 0.1) is 0 Å². The second-order valence-electron chi connectivity index (χ2n) is 5.21. The molecule has 2 rings (SSSR count). The fourth-order valence-corrected chi connectivity index (χ4v) is 2.01. The third-order valence-electron chi connectivity index (χ3n) is 3.38. The zero-order chi connectivity index (χ0) is 14.0. The SMILES string of the molecule is CC(O)C(N)c1nc(C2CN(C(C)C)CCO2)no1. The van der Waals surface area contributed by atoms with E-state index in [1.54, 1.807) is 6.92 Å². The largest absolute Gasteiger partial charge is 0.391 e. The number of aliphatic hydroxyl groups excluding tert-OH is 1. The van der Waals surface area contributed by atoms with Crippen molar-refractivity contribution >= 4 is 0 Å². The molecule has 2 heterocycles. The van der Waals surface area contributed by atoms with E-state index in [4.69, 9.17) is 15.0 Å². The summed E-state index contributed by atoms with van der Waals surface area (Å²) in [4.78, 5) is 6.54. The van der Waals surface area contributed by atoms with Gasteiger partial charge in [-0.1, -0.05) is 5.16 Å². The van der Waals surface area contributed by atoms with Gasteiger partial charge in [-0.25, -0.2) is 0 Å². The third kappa shape index (κ3) is 3.30. The van der Waals surface area contributed by atoms with Gasteiger partial charge in [-0.2, -0.15) is 4.98 Å². The summed E-state index contributed by atoms with van der Waals surface area (Å²) >= 11 is 0. The highest BCUT2D eigenvalue weighted by atomic mass is 16.5. The van der Waals surface area contributed by atoms with Crippen LogP contribution in [0.1, 0.15) is 44.6 Å². The second kappa shape index (κ2) is 5.96. The summed E-state index contributed by atoms with van der Waals surface area (Å²) in [6, 6.07) is -0.205. The van der Waals surface area contributed by atoms with Gasteiger partial charge in [0.05, 0.1) is 12.7 Å². The van der Waals surface area contributed by atoms with Crippen molar-refractivity contribution in [3.8, 4) is 0 Å². The quantitative estimate of drug-likeness (QED) is 0.808. The van der Waals surface area contributed by atoms with Gasteiger partial charge in [0.2, 0.25) is 11.7 Å². The van der Waals surface area contributed by atoms with Crippen LogP contribution in [0.15, 0.2) is 4.52 Å². The maximum absolute atomic E-state index is 9.42. The molecule has 1 aromatic rings. The first-order chi connectivity index (χ1) is 8.99. The average molecular weight is 270 g/mol. The molecule has 0 radical (unpaired) electrons. The maximum Gasteiger partial charge on any atom is 0.246 e. The molecule has 0 spiro atoms. The first kappa shape index (κ1) is 14.4. The minimum Gasteiger partial charge on any atom is -0.391 e. The smallest absolute Gasteiger partial charge is 0.246 e. The van der Waals surface area contributed by atoms with Gasteiger partial charge in [0.25, 0.3) is 0 Å². The standard InChI is InChI=1S/C12H22N4O3/c1-7(2)16-4-5-18-9(6-16)11-14-12(19-15-11)10(13)8(3)17/h7-10,17H,4-6,13H2,1-3H3. The van der Waals surface area contributed by atoms with E-state index in [1.165, 1.54) is 0 Å². The Hall–Kier alpha value is -1.02. The van der Waals surface area contributed by atoms with Crippen molar-refractivity contribution in [1.29, 1.82) is 0 Å². The molecule has 3 N–H and O–H groups in total. The Morgan fingerprint density at radius 1 is 1.42 bits per heavy atom. The van der Waals surface area contributed by atoms with Gasteiger partial charge < -0.3 is 20.1 Å². The fraction of sp³-hybridized carbons (Fsp3) is 0.833. The Morgan fingerprint density at radius 3 is 2.79 bits per heavy atom. The topological polar surface area (TPSA) is 97.6 Å². The minimum atomic E-state index is -0.729. The molecule has 1 saturated heterocycles. The second-order valence-corrected chi connectivity index (χ2v) is 5.21. The number of morpholine rings is 1. The van der Waals surface area contributed by atoms with Crippen molar-refractivity contribution < 1.29 is 14.4 Å². The highest BCUT2D eigenvalue weighted by molar-refractivity contribution is 4.98.